The Morgan fingerprint density at radius 3 is 2.50 bits per heavy atom. The summed E-state index contributed by atoms with van der Waals surface area (Å²) in [4.78, 5) is 11.5. The summed E-state index contributed by atoms with van der Waals surface area (Å²) >= 11 is 3.39. The smallest absolute Gasteiger partial charge is 0.305 e. The molecule has 22 heavy (non-hydrogen) atoms. The van der Waals surface area contributed by atoms with E-state index in [2.05, 4.69) is 15.9 Å². The number of halogens is 1. The molecule has 0 bridgehead atoms. The number of methoxy groups -OCH3 is 1. The van der Waals surface area contributed by atoms with E-state index in [0.717, 1.165) is 24.6 Å². The van der Waals surface area contributed by atoms with Crippen LogP contribution in [0.1, 0.15) is 38.5 Å². The van der Waals surface area contributed by atoms with Crippen LogP contribution in [-0.4, -0.2) is 62.8 Å². The van der Waals surface area contributed by atoms with Gasteiger partial charge in [0, 0.05) is 18.9 Å². The fourth-order valence-corrected chi connectivity index (χ4v) is 2.04. The molecule has 0 radical (unpaired) electrons. The van der Waals surface area contributed by atoms with Crippen LogP contribution in [0.15, 0.2) is 0 Å². The second kappa shape index (κ2) is 17.1. The topological polar surface area (TPSA) is 74.2 Å². The number of aliphatic hydroxyl groups is 1. The summed E-state index contributed by atoms with van der Waals surface area (Å²) in [5, 5.41) is 10.6. The van der Waals surface area contributed by atoms with Gasteiger partial charge in [0.2, 0.25) is 0 Å². The van der Waals surface area contributed by atoms with Gasteiger partial charge in [0.1, 0.15) is 19.5 Å². The van der Waals surface area contributed by atoms with Gasteiger partial charge in [0.15, 0.2) is 0 Å². The molecule has 0 fully saturated rings. The van der Waals surface area contributed by atoms with Gasteiger partial charge in [-0.2, -0.15) is 0 Å². The van der Waals surface area contributed by atoms with Crippen LogP contribution in [0.2, 0.25) is 0 Å². The molecule has 1 N–H and O–H groups in total. The molecule has 0 spiro atoms. The molecule has 0 aromatic heterocycles. The minimum absolute atomic E-state index is 0.0412. The third-order valence-corrected chi connectivity index (χ3v) is 3.42. The van der Waals surface area contributed by atoms with Crippen molar-refractivity contribution in [2.45, 2.75) is 44.6 Å². The Bertz CT molecular complexity index is 252. The van der Waals surface area contributed by atoms with E-state index in [1.807, 2.05) is 0 Å². The Balaban J connectivity index is 3.33. The van der Waals surface area contributed by atoms with Gasteiger partial charge in [-0.15, -0.1) is 0 Å². The summed E-state index contributed by atoms with van der Waals surface area (Å²) in [5.41, 5.74) is 0. The molecular formula is C15H29BrO6. The van der Waals surface area contributed by atoms with Crippen molar-refractivity contribution >= 4 is 21.9 Å². The lowest BCUT2D eigenvalue weighted by molar-refractivity contribution is -0.149. The zero-order chi connectivity index (χ0) is 16.5. The van der Waals surface area contributed by atoms with Gasteiger partial charge in [-0.05, 0) is 12.8 Å². The number of rotatable bonds is 16. The Hall–Kier alpha value is -0.210. The lowest BCUT2D eigenvalue weighted by Gasteiger charge is -2.12. The van der Waals surface area contributed by atoms with Crippen molar-refractivity contribution in [1.82, 2.24) is 0 Å². The largest absolute Gasteiger partial charge is 0.463 e. The third kappa shape index (κ3) is 16.2. The summed E-state index contributed by atoms with van der Waals surface area (Å²) in [6.45, 7) is 1.06. The van der Waals surface area contributed by atoms with Crippen molar-refractivity contribution in [1.29, 1.82) is 0 Å². The van der Waals surface area contributed by atoms with E-state index in [1.165, 1.54) is 12.8 Å². The van der Waals surface area contributed by atoms with Crippen LogP contribution in [-0.2, 0) is 23.7 Å². The molecule has 0 aromatic rings. The van der Waals surface area contributed by atoms with Gasteiger partial charge < -0.3 is 24.1 Å². The second-order valence-corrected chi connectivity index (χ2v) is 5.73. The molecule has 0 aromatic carbocycles. The van der Waals surface area contributed by atoms with Crippen molar-refractivity contribution in [3.8, 4) is 0 Å². The minimum atomic E-state index is -0.825. The van der Waals surface area contributed by atoms with Gasteiger partial charge in [-0.25, -0.2) is 0 Å². The number of ether oxygens (including phenoxy) is 4. The van der Waals surface area contributed by atoms with E-state index in [4.69, 9.17) is 18.9 Å². The number of hydrogen-bond donors (Lipinski definition) is 1. The number of hydrogen-bond acceptors (Lipinski definition) is 6. The fraction of sp³-hybridized carbons (Fsp3) is 0.933. The van der Waals surface area contributed by atoms with Gasteiger partial charge in [-0.1, -0.05) is 35.2 Å². The maximum Gasteiger partial charge on any atom is 0.305 e. The first-order valence-electron chi connectivity index (χ1n) is 7.74. The molecule has 6 nitrogen and oxygen atoms in total. The van der Waals surface area contributed by atoms with E-state index in [9.17, 15) is 9.90 Å². The van der Waals surface area contributed by atoms with Gasteiger partial charge in [0.05, 0.1) is 19.8 Å². The van der Waals surface area contributed by atoms with E-state index in [1.54, 1.807) is 7.11 Å². The number of carbonyl (C=O) groups is 1. The lowest BCUT2D eigenvalue weighted by Crippen LogP contribution is -2.24. The first-order chi connectivity index (χ1) is 10.7. The van der Waals surface area contributed by atoms with Crippen LogP contribution >= 0.6 is 15.9 Å². The summed E-state index contributed by atoms with van der Waals surface area (Å²) in [7, 11) is 1.59. The standard InChI is InChI=1S/C15H29BrO6/c1-19-9-10-20-13-21-11-14(17)12-22-15(18)7-5-3-2-4-6-8-16/h14,17H,2-13H2,1H3. The molecule has 0 heterocycles. The fourth-order valence-electron chi connectivity index (χ4n) is 1.65. The number of carbonyl (C=O) groups excluding carboxylic acids is 1. The quantitative estimate of drug-likeness (QED) is 0.190. The van der Waals surface area contributed by atoms with Gasteiger partial charge in [-0.3, -0.25) is 4.79 Å². The highest BCUT2D eigenvalue weighted by molar-refractivity contribution is 9.09. The van der Waals surface area contributed by atoms with E-state index >= 15 is 0 Å². The Morgan fingerprint density at radius 1 is 1.05 bits per heavy atom. The molecule has 1 unspecified atom stereocenters. The molecule has 0 rings (SSSR count). The molecule has 7 heteroatoms. The molecule has 0 aliphatic rings. The highest BCUT2D eigenvalue weighted by Gasteiger charge is 2.09. The first kappa shape index (κ1) is 21.8. The molecule has 1 atom stereocenters. The van der Waals surface area contributed by atoms with Crippen LogP contribution in [0.5, 0.6) is 0 Å². The van der Waals surface area contributed by atoms with Crippen LogP contribution in [0.25, 0.3) is 0 Å². The van der Waals surface area contributed by atoms with E-state index in [0.29, 0.717) is 19.6 Å². The van der Waals surface area contributed by atoms with Crippen LogP contribution in [0.3, 0.4) is 0 Å². The third-order valence-electron chi connectivity index (χ3n) is 2.86. The highest BCUT2D eigenvalue weighted by Crippen LogP contribution is 2.07. The number of unbranched alkanes of at least 4 members (excludes halogenated alkanes) is 4. The summed E-state index contributed by atoms with van der Waals surface area (Å²) < 4.78 is 20.0. The van der Waals surface area contributed by atoms with Crippen molar-refractivity contribution in [2.24, 2.45) is 0 Å². The Morgan fingerprint density at radius 2 is 1.77 bits per heavy atom. The predicted molar refractivity (Wildman–Crippen MR) is 87.1 cm³/mol. The van der Waals surface area contributed by atoms with Crippen molar-refractivity contribution in [3.05, 3.63) is 0 Å². The molecule has 0 saturated heterocycles. The SMILES string of the molecule is COCCOCOCC(O)COC(=O)CCCCCCCBr. The first-order valence-corrected chi connectivity index (χ1v) is 8.87. The zero-order valence-electron chi connectivity index (χ0n) is 13.4. The normalized spacial score (nSPS) is 12.3. The molecule has 0 aliphatic carbocycles. The van der Waals surface area contributed by atoms with Crippen LogP contribution in [0, 0.1) is 0 Å². The second-order valence-electron chi connectivity index (χ2n) is 4.93. The van der Waals surface area contributed by atoms with E-state index in [-0.39, 0.29) is 26.0 Å². The van der Waals surface area contributed by atoms with Gasteiger partial charge >= 0.3 is 5.97 Å². The number of esters is 1. The molecule has 0 amide bonds. The zero-order valence-corrected chi connectivity index (χ0v) is 15.0. The maximum absolute atomic E-state index is 11.5. The maximum atomic E-state index is 11.5. The molecule has 0 aliphatic heterocycles. The average Bonchev–Trinajstić information content (AvgIpc) is 2.52. The summed E-state index contributed by atoms with van der Waals surface area (Å²) in [5.74, 6) is -0.268. The van der Waals surface area contributed by atoms with Crippen LogP contribution in [0.4, 0.5) is 0 Å². The van der Waals surface area contributed by atoms with Crippen molar-refractivity contribution in [3.63, 3.8) is 0 Å². The molecule has 132 valence electrons. The Kier molecular flexibility index (Phi) is 17.0. The van der Waals surface area contributed by atoms with Gasteiger partial charge in [0.25, 0.3) is 0 Å². The minimum Gasteiger partial charge on any atom is -0.463 e. The van der Waals surface area contributed by atoms with E-state index < -0.39 is 6.10 Å². The average molecular weight is 385 g/mol. The highest BCUT2D eigenvalue weighted by atomic mass is 79.9. The monoisotopic (exact) mass is 384 g/mol. The molecular weight excluding hydrogens is 356 g/mol. The summed E-state index contributed by atoms with van der Waals surface area (Å²) in [6.07, 6.45) is 4.94. The number of alkyl halides is 1. The summed E-state index contributed by atoms with van der Waals surface area (Å²) in [6, 6.07) is 0. The Labute approximate surface area is 141 Å². The predicted octanol–water partition coefficient (Wildman–Crippen LogP) is 2.26. The van der Waals surface area contributed by atoms with Crippen LogP contribution < -0.4 is 0 Å². The lowest BCUT2D eigenvalue weighted by atomic mass is 10.1. The van der Waals surface area contributed by atoms with Crippen molar-refractivity contribution < 1.29 is 28.8 Å². The van der Waals surface area contributed by atoms with Crippen molar-refractivity contribution in [2.75, 3.05) is 45.7 Å². The molecule has 0 saturated carbocycles. The number of aliphatic hydroxyl groups excluding tert-OH is 1.